The van der Waals surface area contributed by atoms with Crippen LogP contribution in [0.15, 0.2) is 36.0 Å². The molecule has 0 radical (unpaired) electrons. The van der Waals surface area contributed by atoms with Gasteiger partial charge in [-0.15, -0.1) is 0 Å². The molecule has 0 spiro atoms. The zero-order valence-electron chi connectivity index (χ0n) is 24.8. The SMILES string of the molecule is CCC(=O)O[C@]1(C(=O)SCC2CC2)CC[C@H]2[C@@H]3CCC4=Cc5c(cnn5-c5ccc(F)cc5)C[C@]4(C)[C@H]3[C@@H](O)C[C@@]21C. The summed E-state index contributed by atoms with van der Waals surface area (Å²) in [5, 5.41) is 16.7. The van der Waals surface area contributed by atoms with Gasteiger partial charge in [0.05, 0.1) is 23.7 Å². The lowest BCUT2D eigenvalue weighted by Crippen LogP contribution is -2.62. The molecule has 42 heavy (non-hydrogen) atoms. The van der Waals surface area contributed by atoms with Crippen molar-refractivity contribution in [3.63, 3.8) is 0 Å². The predicted molar refractivity (Wildman–Crippen MR) is 160 cm³/mol. The minimum atomic E-state index is -1.18. The molecule has 224 valence electrons. The number of benzene rings is 1. The second-order valence-electron chi connectivity index (χ2n) is 14.0. The third-order valence-electron chi connectivity index (χ3n) is 11.7. The first kappa shape index (κ1) is 28.3. The molecule has 0 aliphatic heterocycles. The van der Waals surface area contributed by atoms with Crippen LogP contribution in [0, 0.1) is 40.3 Å². The van der Waals surface area contributed by atoms with Gasteiger partial charge in [0.15, 0.2) is 5.60 Å². The molecule has 1 aromatic carbocycles. The lowest BCUT2D eigenvalue weighted by Gasteiger charge is -2.60. The van der Waals surface area contributed by atoms with Crippen LogP contribution in [0.2, 0.25) is 0 Å². The van der Waals surface area contributed by atoms with E-state index >= 15 is 0 Å². The summed E-state index contributed by atoms with van der Waals surface area (Å²) in [6.45, 7) is 6.21. The summed E-state index contributed by atoms with van der Waals surface area (Å²) in [5.41, 5.74) is 2.32. The predicted octanol–water partition coefficient (Wildman–Crippen LogP) is 6.53. The molecule has 4 fully saturated rings. The molecular weight excluding hydrogens is 551 g/mol. The van der Waals surface area contributed by atoms with Crippen molar-refractivity contribution in [2.24, 2.45) is 34.5 Å². The van der Waals surface area contributed by atoms with Crippen LogP contribution < -0.4 is 0 Å². The second kappa shape index (κ2) is 10.0. The molecule has 7 rings (SSSR count). The molecule has 5 aliphatic rings. The topological polar surface area (TPSA) is 81.4 Å². The van der Waals surface area contributed by atoms with E-state index in [0.717, 1.165) is 48.4 Å². The van der Waals surface area contributed by atoms with Crippen molar-refractivity contribution in [2.75, 3.05) is 5.75 Å². The number of hydrogen-bond donors (Lipinski definition) is 1. The van der Waals surface area contributed by atoms with E-state index in [1.54, 1.807) is 19.1 Å². The summed E-state index contributed by atoms with van der Waals surface area (Å²) in [4.78, 5) is 26.8. The highest BCUT2D eigenvalue weighted by Crippen LogP contribution is 2.69. The van der Waals surface area contributed by atoms with Gasteiger partial charge >= 0.3 is 5.97 Å². The van der Waals surface area contributed by atoms with Crippen molar-refractivity contribution in [1.82, 2.24) is 9.78 Å². The molecule has 6 nitrogen and oxygen atoms in total. The quantitative estimate of drug-likeness (QED) is 0.385. The summed E-state index contributed by atoms with van der Waals surface area (Å²) in [5.74, 6) is 1.26. The van der Waals surface area contributed by atoms with E-state index in [4.69, 9.17) is 4.74 Å². The molecule has 8 heteroatoms. The number of aliphatic hydroxyl groups is 1. The highest BCUT2D eigenvalue weighted by molar-refractivity contribution is 8.13. The van der Waals surface area contributed by atoms with Crippen molar-refractivity contribution < 1.29 is 23.8 Å². The van der Waals surface area contributed by atoms with Crippen LogP contribution >= 0.6 is 11.8 Å². The van der Waals surface area contributed by atoms with Gasteiger partial charge in [-0.2, -0.15) is 5.10 Å². The van der Waals surface area contributed by atoms with Gasteiger partial charge in [-0.05, 0) is 116 Å². The second-order valence-corrected chi connectivity index (χ2v) is 15.0. The third kappa shape index (κ3) is 4.18. The average molecular weight is 593 g/mol. The lowest BCUT2D eigenvalue weighted by atomic mass is 9.45. The number of rotatable bonds is 6. The van der Waals surface area contributed by atoms with Crippen LogP contribution in [0.1, 0.15) is 83.4 Å². The Balaban J connectivity index is 1.21. The van der Waals surface area contributed by atoms with Gasteiger partial charge in [-0.3, -0.25) is 9.59 Å². The molecule has 0 unspecified atom stereocenters. The van der Waals surface area contributed by atoms with Crippen molar-refractivity contribution in [2.45, 2.75) is 90.3 Å². The first-order valence-corrected chi connectivity index (χ1v) is 16.7. The van der Waals surface area contributed by atoms with E-state index in [1.807, 2.05) is 10.9 Å². The highest BCUT2D eigenvalue weighted by Gasteiger charge is 2.70. The Morgan fingerprint density at radius 3 is 2.64 bits per heavy atom. The number of carbonyl (C=O) groups excluding carboxylic acids is 2. The molecule has 2 aromatic rings. The Bertz CT molecular complexity index is 1450. The number of nitrogens with zero attached hydrogens (tertiary/aromatic N) is 2. The van der Waals surface area contributed by atoms with Crippen LogP contribution in [-0.4, -0.2) is 43.4 Å². The van der Waals surface area contributed by atoms with E-state index in [0.29, 0.717) is 18.8 Å². The number of thioether (sulfide) groups is 1. The average Bonchev–Trinajstić information content (AvgIpc) is 3.64. The van der Waals surface area contributed by atoms with Gasteiger partial charge in [0.2, 0.25) is 5.12 Å². The van der Waals surface area contributed by atoms with Gasteiger partial charge < -0.3 is 9.84 Å². The number of carbonyl (C=O) groups is 2. The molecule has 0 saturated heterocycles. The Morgan fingerprint density at radius 1 is 1.17 bits per heavy atom. The largest absolute Gasteiger partial charge is 0.449 e. The van der Waals surface area contributed by atoms with Gasteiger partial charge in [0.1, 0.15) is 5.82 Å². The fraction of sp³-hybridized carbons (Fsp3) is 0.618. The molecule has 0 bridgehead atoms. The molecule has 0 amide bonds. The zero-order chi connectivity index (χ0) is 29.4. The molecule has 1 heterocycles. The molecule has 5 aliphatic carbocycles. The summed E-state index contributed by atoms with van der Waals surface area (Å²) < 4.78 is 21.7. The van der Waals surface area contributed by atoms with Crippen molar-refractivity contribution >= 4 is 28.9 Å². The number of fused-ring (bicyclic) bond motifs is 6. The fourth-order valence-electron chi connectivity index (χ4n) is 9.37. The van der Waals surface area contributed by atoms with Gasteiger partial charge in [0.25, 0.3) is 0 Å². The summed E-state index contributed by atoms with van der Waals surface area (Å²) >= 11 is 1.35. The Hall–Kier alpha value is -2.45. The maximum absolute atomic E-state index is 14.0. The van der Waals surface area contributed by atoms with E-state index in [-0.39, 0.29) is 46.5 Å². The lowest BCUT2D eigenvalue weighted by molar-refractivity contribution is -0.196. The Kier molecular flexibility index (Phi) is 6.78. The van der Waals surface area contributed by atoms with E-state index < -0.39 is 17.1 Å². The van der Waals surface area contributed by atoms with E-state index in [1.165, 1.54) is 42.3 Å². The van der Waals surface area contributed by atoms with E-state index in [9.17, 15) is 19.1 Å². The van der Waals surface area contributed by atoms with Crippen molar-refractivity contribution in [1.29, 1.82) is 0 Å². The maximum Gasteiger partial charge on any atom is 0.306 e. The number of ether oxygens (including phenoxy) is 1. The smallest absolute Gasteiger partial charge is 0.306 e. The van der Waals surface area contributed by atoms with Crippen LogP contribution in [0.5, 0.6) is 0 Å². The molecular formula is C34H41FN2O4S. The third-order valence-corrected chi connectivity index (χ3v) is 12.9. The first-order valence-electron chi connectivity index (χ1n) is 15.7. The fourth-order valence-corrected chi connectivity index (χ4v) is 10.7. The van der Waals surface area contributed by atoms with Gasteiger partial charge in [-0.1, -0.05) is 38.1 Å². The normalized spacial score (nSPS) is 36.7. The summed E-state index contributed by atoms with van der Waals surface area (Å²) in [6.07, 6.45) is 10.6. The molecule has 1 aromatic heterocycles. The van der Waals surface area contributed by atoms with Crippen molar-refractivity contribution in [3.05, 3.63) is 53.1 Å². The monoisotopic (exact) mass is 592 g/mol. The zero-order valence-corrected chi connectivity index (χ0v) is 25.6. The number of halogens is 1. The number of hydrogen-bond acceptors (Lipinski definition) is 6. The molecule has 7 atom stereocenters. The van der Waals surface area contributed by atoms with Crippen LogP contribution in [-0.2, 0) is 20.7 Å². The van der Waals surface area contributed by atoms with Crippen LogP contribution in [0.4, 0.5) is 4.39 Å². The first-order chi connectivity index (χ1) is 20.1. The van der Waals surface area contributed by atoms with Crippen LogP contribution in [0.3, 0.4) is 0 Å². The molecule has 4 saturated carbocycles. The van der Waals surface area contributed by atoms with Crippen LogP contribution in [0.25, 0.3) is 11.8 Å². The minimum Gasteiger partial charge on any atom is -0.449 e. The highest BCUT2D eigenvalue weighted by atomic mass is 32.2. The standard InChI is InChI=1S/C34H41FN2O4S/c1-4-29(39)41-34(31(40)42-19-20-5-6-20)14-13-26-25-12-7-22-15-27-21(18-36-37(27)24-10-8-23(35)9-11-24)16-32(22,2)30(25)28(38)17-33(26,34)3/h8-11,15,18,20,25-26,28,30,38H,4-7,12-14,16-17,19H2,1-3H3/t25-,26-,28-,30+,32-,33-,34-/m0/s1. The molecule has 1 N–H and O–H groups in total. The number of allylic oxidation sites excluding steroid dienone is 1. The maximum atomic E-state index is 14.0. The van der Waals surface area contributed by atoms with Crippen molar-refractivity contribution in [3.8, 4) is 5.69 Å². The van der Waals surface area contributed by atoms with E-state index in [2.05, 4.69) is 25.0 Å². The number of aliphatic hydroxyl groups excluding tert-OH is 1. The number of esters is 1. The minimum absolute atomic E-state index is 0.00929. The van der Waals surface area contributed by atoms with Gasteiger partial charge in [-0.25, -0.2) is 9.07 Å². The Labute approximate surface area is 251 Å². The summed E-state index contributed by atoms with van der Waals surface area (Å²) in [7, 11) is 0. The number of aromatic nitrogens is 2. The summed E-state index contributed by atoms with van der Waals surface area (Å²) in [6, 6.07) is 6.41. The van der Waals surface area contributed by atoms with Gasteiger partial charge in [0, 0.05) is 17.6 Å². The Morgan fingerprint density at radius 2 is 1.93 bits per heavy atom.